The van der Waals surface area contributed by atoms with E-state index in [4.69, 9.17) is 11.6 Å². The highest BCUT2D eigenvalue weighted by molar-refractivity contribution is 8.00. The number of anilines is 1. The van der Waals surface area contributed by atoms with Crippen molar-refractivity contribution in [3.8, 4) is 0 Å². The summed E-state index contributed by atoms with van der Waals surface area (Å²) in [6.45, 7) is 0. The summed E-state index contributed by atoms with van der Waals surface area (Å²) in [5.74, 6) is 0.578. The maximum Gasteiger partial charge on any atom is 0.174 e. The molecule has 0 atom stereocenters. The third-order valence-corrected chi connectivity index (χ3v) is 3.60. The average molecular weight is 288 g/mol. The monoisotopic (exact) mass is 287 g/mol. The van der Waals surface area contributed by atoms with Gasteiger partial charge >= 0.3 is 0 Å². The van der Waals surface area contributed by atoms with Crippen LogP contribution >= 0.6 is 23.5 Å². The molecular formula is C14H10ClN3S. The molecule has 0 bridgehead atoms. The van der Waals surface area contributed by atoms with Gasteiger partial charge in [-0.1, -0.05) is 41.9 Å². The predicted molar refractivity (Wildman–Crippen MR) is 80.5 cm³/mol. The number of aromatic nitrogens is 2. The standard InChI is InChI=1S/C14H10ClN3S/c15-13-14(18-19-10-6-2-1-3-7-10)17-12-9-5-4-8-11(12)16-13/h1-9H,(H,17,18). The van der Waals surface area contributed by atoms with Gasteiger partial charge in [-0.3, -0.25) is 0 Å². The maximum atomic E-state index is 6.12. The van der Waals surface area contributed by atoms with Gasteiger partial charge in [0.15, 0.2) is 11.0 Å². The Morgan fingerprint density at radius 3 is 2.21 bits per heavy atom. The summed E-state index contributed by atoms with van der Waals surface area (Å²) >= 11 is 7.58. The number of fused-ring (bicyclic) bond motifs is 1. The van der Waals surface area contributed by atoms with Crippen LogP contribution in [-0.4, -0.2) is 9.97 Å². The molecule has 1 aromatic heterocycles. The molecule has 3 nitrogen and oxygen atoms in total. The molecule has 0 fully saturated rings. The molecule has 0 aliphatic rings. The number of halogens is 1. The fraction of sp³-hybridized carbons (Fsp3) is 0. The van der Waals surface area contributed by atoms with Crippen molar-refractivity contribution in [2.45, 2.75) is 4.90 Å². The summed E-state index contributed by atoms with van der Waals surface area (Å²) in [4.78, 5) is 9.87. The van der Waals surface area contributed by atoms with Gasteiger partial charge in [0.2, 0.25) is 0 Å². The third kappa shape index (κ3) is 2.80. The first-order chi connectivity index (χ1) is 9.33. The molecule has 2 aromatic carbocycles. The van der Waals surface area contributed by atoms with E-state index in [-0.39, 0.29) is 0 Å². The number of benzene rings is 2. The van der Waals surface area contributed by atoms with E-state index in [9.17, 15) is 0 Å². The lowest BCUT2D eigenvalue weighted by Crippen LogP contribution is -1.95. The van der Waals surface area contributed by atoms with Crippen LogP contribution in [0.25, 0.3) is 11.0 Å². The Labute approximate surface area is 120 Å². The number of hydrogen-bond donors (Lipinski definition) is 1. The summed E-state index contributed by atoms with van der Waals surface area (Å²) < 4.78 is 3.13. The van der Waals surface area contributed by atoms with Crippen molar-refractivity contribution < 1.29 is 0 Å². The van der Waals surface area contributed by atoms with Gasteiger partial charge in [-0.15, -0.1) is 0 Å². The van der Waals surface area contributed by atoms with Crippen molar-refractivity contribution >= 4 is 40.4 Å². The molecule has 19 heavy (non-hydrogen) atoms. The van der Waals surface area contributed by atoms with E-state index in [0.29, 0.717) is 11.0 Å². The van der Waals surface area contributed by atoms with Gasteiger partial charge in [-0.2, -0.15) is 0 Å². The zero-order chi connectivity index (χ0) is 13.1. The Morgan fingerprint density at radius 1 is 0.842 bits per heavy atom. The molecule has 0 amide bonds. The second kappa shape index (κ2) is 5.47. The molecule has 0 saturated heterocycles. The molecule has 3 aromatic rings. The van der Waals surface area contributed by atoms with E-state index < -0.39 is 0 Å². The van der Waals surface area contributed by atoms with Crippen LogP contribution in [0.15, 0.2) is 59.5 Å². The fourth-order valence-corrected chi connectivity index (χ4v) is 2.53. The lowest BCUT2D eigenvalue weighted by Gasteiger charge is -2.07. The van der Waals surface area contributed by atoms with Crippen molar-refractivity contribution in [2.24, 2.45) is 0 Å². The van der Waals surface area contributed by atoms with E-state index in [1.165, 1.54) is 11.9 Å². The van der Waals surface area contributed by atoms with Crippen LogP contribution in [0.3, 0.4) is 0 Å². The Kier molecular flexibility index (Phi) is 3.53. The van der Waals surface area contributed by atoms with Crippen molar-refractivity contribution in [1.29, 1.82) is 0 Å². The van der Waals surface area contributed by atoms with E-state index in [1.807, 2.05) is 54.6 Å². The Morgan fingerprint density at radius 2 is 1.47 bits per heavy atom. The van der Waals surface area contributed by atoms with Gasteiger partial charge in [0, 0.05) is 4.90 Å². The van der Waals surface area contributed by atoms with Crippen LogP contribution in [0.5, 0.6) is 0 Å². The summed E-state index contributed by atoms with van der Waals surface area (Å²) in [6.07, 6.45) is 0. The van der Waals surface area contributed by atoms with Crippen LogP contribution in [0.4, 0.5) is 5.82 Å². The highest BCUT2D eigenvalue weighted by atomic mass is 35.5. The van der Waals surface area contributed by atoms with Crippen molar-refractivity contribution in [1.82, 2.24) is 9.97 Å². The van der Waals surface area contributed by atoms with Crippen LogP contribution in [0, 0.1) is 0 Å². The van der Waals surface area contributed by atoms with E-state index in [1.54, 1.807) is 0 Å². The SMILES string of the molecule is Clc1nc2ccccc2nc1NSc1ccccc1. The average Bonchev–Trinajstić information content (AvgIpc) is 2.46. The van der Waals surface area contributed by atoms with Crippen molar-refractivity contribution in [2.75, 3.05) is 4.72 Å². The molecule has 0 unspecified atom stereocenters. The highest BCUT2D eigenvalue weighted by Crippen LogP contribution is 2.26. The largest absolute Gasteiger partial charge is 0.308 e. The maximum absolute atomic E-state index is 6.12. The fourth-order valence-electron chi connectivity index (χ4n) is 1.64. The minimum atomic E-state index is 0.377. The second-order valence-electron chi connectivity index (χ2n) is 3.87. The summed E-state index contributed by atoms with van der Waals surface area (Å²) in [7, 11) is 0. The van der Waals surface area contributed by atoms with E-state index >= 15 is 0 Å². The first-order valence-corrected chi connectivity index (χ1v) is 6.92. The molecule has 0 radical (unpaired) electrons. The second-order valence-corrected chi connectivity index (χ2v) is 5.11. The number of rotatable bonds is 3. The molecule has 0 aliphatic carbocycles. The molecular weight excluding hydrogens is 278 g/mol. The Hall–Kier alpha value is -1.78. The predicted octanol–water partition coefficient (Wildman–Crippen LogP) is 4.40. The van der Waals surface area contributed by atoms with Gasteiger partial charge in [0.1, 0.15) is 0 Å². The quantitative estimate of drug-likeness (QED) is 0.725. The van der Waals surface area contributed by atoms with E-state index in [2.05, 4.69) is 14.7 Å². The lowest BCUT2D eigenvalue weighted by molar-refractivity contribution is 1.30. The Bertz CT molecular complexity index is 703. The number of hydrogen-bond acceptors (Lipinski definition) is 4. The molecule has 1 N–H and O–H groups in total. The summed E-state index contributed by atoms with van der Waals surface area (Å²) in [6, 6.07) is 17.6. The Balaban J connectivity index is 1.86. The topological polar surface area (TPSA) is 37.8 Å². The number of nitrogens with zero attached hydrogens (tertiary/aromatic N) is 2. The van der Waals surface area contributed by atoms with Crippen molar-refractivity contribution in [3.05, 3.63) is 59.8 Å². The summed E-state index contributed by atoms with van der Waals surface area (Å²) in [5.41, 5.74) is 1.62. The van der Waals surface area contributed by atoms with E-state index in [0.717, 1.165) is 15.9 Å². The lowest BCUT2D eigenvalue weighted by atomic mass is 10.3. The normalized spacial score (nSPS) is 10.6. The first-order valence-electron chi connectivity index (χ1n) is 5.73. The molecule has 94 valence electrons. The molecule has 1 heterocycles. The van der Waals surface area contributed by atoms with Crippen LogP contribution in [0.1, 0.15) is 0 Å². The summed E-state index contributed by atoms with van der Waals surface area (Å²) in [5, 5.41) is 0.377. The molecule has 5 heteroatoms. The molecule has 3 rings (SSSR count). The molecule has 0 spiro atoms. The highest BCUT2D eigenvalue weighted by Gasteiger charge is 2.06. The minimum Gasteiger partial charge on any atom is -0.308 e. The minimum absolute atomic E-state index is 0.377. The first kappa shape index (κ1) is 12.3. The molecule has 0 aliphatic heterocycles. The zero-order valence-electron chi connectivity index (χ0n) is 9.88. The number of para-hydroxylation sites is 2. The van der Waals surface area contributed by atoms with Gasteiger partial charge in [0.05, 0.1) is 11.0 Å². The van der Waals surface area contributed by atoms with Crippen molar-refractivity contribution in [3.63, 3.8) is 0 Å². The van der Waals surface area contributed by atoms with Gasteiger partial charge in [-0.05, 0) is 36.2 Å². The van der Waals surface area contributed by atoms with Gasteiger partial charge in [0.25, 0.3) is 0 Å². The smallest absolute Gasteiger partial charge is 0.174 e. The third-order valence-electron chi connectivity index (χ3n) is 2.54. The van der Waals surface area contributed by atoms with Gasteiger partial charge < -0.3 is 4.72 Å². The van der Waals surface area contributed by atoms with Crippen LogP contribution in [0.2, 0.25) is 5.15 Å². The zero-order valence-corrected chi connectivity index (χ0v) is 11.4. The van der Waals surface area contributed by atoms with Gasteiger partial charge in [-0.25, -0.2) is 9.97 Å². The molecule has 0 saturated carbocycles. The number of nitrogens with one attached hydrogen (secondary N) is 1. The van der Waals surface area contributed by atoms with Crippen LogP contribution < -0.4 is 4.72 Å². The van der Waals surface area contributed by atoms with Crippen LogP contribution in [-0.2, 0) is 0 Å².